The van der Waals surface area contributed by atoms with E-state index in [1.165, 1.54) is 6.07 Å². The Kier molecular flexibility index (Phi) is 4.63. The van der Waals surface area contributed by atoms with Gasteiger partial charge < -0.3 is 14.6 Å². The van der Waals surface area contributed by atoms with Crippen molar-refractivity contribution in [2.24, 2.45) is 0 Å². The standard InChI is InChI=1S/C17H15N3O3/c21-17(19-11-14-8-4-5-9-18-14)15-10-16(20-23-15)22-12-13-6-2-1-3-7-13/h1-10H,11-12H2,(H,19,21). The number of nitrogens with one attached hydrogen (secondary N) is 1. The molecule has 0 radical (unpaired) electrons. The van der Waals surface area contributed by atoms with Gasteiger partial charge in [0, 0.05) is 6.20 Å². The van der Waals surface area contributed by atoms with Crippen LogP contribution >= 0.6 is 0 Å². The van der Waals surface area contributed by atoms with E-state index in [1.54, 1.807) is 6.20 Å². The number of rotatable bonds is 6. The first-order chi connectivity index (χ1) is 11.3. The molecule has 0 saturated carbocycles. The van der Waals surface area contributed by atoms with Crippen molar-refractivity contribution < 1.29 is 14.1 Å². The first-order valence-corrected chi connectivity index (χ1v) is 7.13. The van der Waals surface area contributed by atoms with E-state index in [1.807, 2.05) is 48.5 Å². The Morgan fingerprint density at radius 2 is 1.96 bits per heavy atom. The highest BCUT2D eigenvalue weighted by Gasteiger charge is 2.13. The van der Waals surface area contributed by atoms with Crippen molar-refractivity contribution in [3.8, 4) is 5.88 Å². The predicted molar refractivity (Wildman–Crippen MR) is 82.7 cm³/mol. The molecule has 6 heteroatoms. The summed E-state index contributed by atoms with van der Waals surface area (Å²) in [6, 6.07) is 16.7. The van der Waals surface area contributed by atoms with E-state index in [0.717, 1.165) is 11.3 Å². The molecule has 2 aromatic heterocycles. The molecule has 0 spiro atoms. The molecule has 0 fully saturated rings. The van der Waals surface area contributed by atoms with Crippen molar-refractivity contribution in [3.05, 3.63) is 77.8 Å². The van der Waals surface area contributed by atoms with E-state index < -0.39 is 0 Å². The second-order valence-corrected chi connectivity index (χ2v) is 4.81. The Morgan fingerprint density at radius 3 is 2.74 bits per heavy atom. The Balaban J connectivity index is 1.53. The maximum atomic E-state index is 12.0. The van der Waals surface area contributed by atoms with Crippen molar-refractivity contribution >= 4 is 5.91 Å². The van der Waals surface area contributed by atoms with Gasteiger partial charge in [-0.15, -0.1) is 0 Å². The Labute approximate surface area is 133 Å². The first-order valence-electron chi connectivity index (χ1n) is 7.13. The lowest BCUT2D eigenvalue weighted by Crippen LogP contribution is -2.22. The van der Waals surface area contributed by atoms with Crippen molar-refractivity contribution in [1.29, 1.82) is 0 Å². The van der Waals surface area contributed by atoms with Crippen LogP contribution in [-0.2, 0) is 13.2 Å². The van der Waals surface area contributed by atoms with Gasteiger partial charge in [0.25, 0.3) is 11.8 Å². The van der Waals surface area contributed by atoms with Gasteiger partial charge in [-0.3, -0.25) is 9.78 Å². The van der Waals surface area contributed by atoms with Crippen LogP contribution in [0.4, 0.5) is 0 Å². The predicted octanol–water partition coefficient (Wildman–Crippen LogP) is 2.58. The third kappa shape index (κ3) is 4.16. The van der Waals surface area contributed by atoms with Crippen LogP contribution in [0.15, 0.2) is 65.3 Å². The molecule has 1 amide bonds. The fourth-order valence-corrected chi connectivity index (χ4v) is 1.93. The molecule has 0 aliphatic heterocycles. The smallest absolute Gasteiger partial charge is 0.290 e. The maximum absolute atomic E-state index is 12.0. The molecule has 0 aliphatic rings. The summed E-state index contributed by atoms with van der Waals surface area (Å²) in [7, 11) is 0. The maximum Gasteiger partial charge on any atom is 0.290 e. The second-order valence-electron chi connectivity index (χ2n) is 4.81. The summed E-state index contributed by atoms with van der Waals surface area (Å²) >= 11 is 0. The van der Waals surface area contributed by atoms with Crippen molar-refractivity contribution in [3.63, 3.8) is 0 Å². The van der Waals surface area contributed by atoms with Gasteiger partial charge in [-0.05, 0) is 22.9 Å². The lowest BCUT2D eigenvalue weighted by Gasteiger charge is -2.01. The number of hydrogen-bond donors (Lipinski definition) is 1. The third-order valence-electron chi connectivity index (χ3n) is 3.10. The monoisotopic (exact) mass is 309 g/mol. The van der Waals surface area contributed by atoms with Crippen LogP contribution in [0.25, 0.3) is 0 Å². The number of hydrogen-bond acceptors (Lipinski definition) is 5. The van der Waals surface area contributed by atoms with Gasteiger partial charge in [0.1, 0.15) is 6.61 Å². The first kappa shape index (κ1) is 14.8. The molecule has 0 unspecified atom stereocenters. The number of nitrogens with zero attached hydrogens (tertiary/aromatic N) is 2. The number of aromatic nitrogens is 2. The summed E-state index contributed by atoms with van der Waals surface area (Å²) in [6.07, 6.45) is 1.67. The molecule has 116 valence electrons. The van der Waals surface area contributed by atoms with E-state index >= 15 is 0 Å². The van der Waals surface area contributed by atoms with Crippen molar-refractivity contribution in [2.45, 2.75) is 13.2 Å². The normalized spacial score (nSPS) is 10.3. The average molecular weight is 309 g/mol. The largest absolute Gasteiger partial charge is 0.471 e. The molecule has 6 nitrogen and oxygen atoms in total. The van der Waals surface area contributed by atoms with Crippen LogP contribution in [0.2, 0.25) is 0 Å². The SMILES string of the molecule is O=C(NCc1ccccn1)c1cc(OCc2ccccc2)no1. The summed E-state index contributed by atoms with van der Waals surface area (Å²) in [5.41, 5.74) is 1.78. The van der Waals surface area contributed by atoms with Crippen LogP contribution in [-0.4, -0.2) is 16.0 Å². The molecule has 1 N–H and O–H groups in total. The zero-order valence-electron chi connectivity index (χ0n) is 12.3. The van der Waals surface area contributed by atoms with Gasteiger partial charge in [-0.2, -0.15) is 0 Å². The molecular weight excluding hydrogens is 294 g/mol. The molecule has 23 heavy (non-hydrogen) atoms. The minimum atomic E-state index is -0.363. The summed E-state index contributed by atoms with van der Waals surface area (Å²) in [5.74, 6) is 0.0125. The zero-order chi connectivity index (χ0) is 15.9. The van der Waals surface area contributed by atoms with Crippen LogP contribution in [0.3, 0.4) is 0 Å². The highest BCUT2D eigenvalue weighted by molar-refractivity contribution is 5.91. The van der Waals surface area contributed by atoms with Gasteiger partial charge in [0.05, 0.1) is 18.3 Å². The van der Waals surface area contributed by atoms with Crippen molar-refractivity contribution in [2.75, 3.05) is 0 Å². The Morgan fingerprint density at radius 1 is 1.13 bits per heavy atom. The molecule has 0 aliphatic carbocycles. The summed E-state index contributed by atoms with van der Waals surface area (Å²) in [4.78, 5) is 16.1. The molecule has 0 bridgehead atoms. The second kappa shape index (κ2) is 7.22. The lowest BCUT2D eigenvalue weighted by atomic mass is 10.2. The fraction of sp³-hybridized carbons (Fsp3) is 0.118. The van der Waals surface area contributed by atoms with Crippen LogP contribution < -0.4 is 10.1 Å². The quantitative estimate of drug-likeness (QED) is 0.757. The van der Waals surface area contributed by atoms with E-state index in [2.05, 4.69) is 15.5 Å². The molecule has 3 rings (SSSR count). The fourth-order valence-electron chi connectivity index (χ4n) is 1.93. The summed E-state index contributed by atoms with van der Waals surface area (Å²) < 4.78 is 10.5. The van der Waals surface area contributed by atoms with E-state index in [4.69, 9.17) is 9.26 Å². The number of amides is 1. The Bertz CT molecular complexity index is 757. The number of carbonyl (C=O) groups is 1. The molecule has 1 aromatic carbocycles. The lowest BCUT2D eigenvalue weighted by molar-refractivity contribution is 0.0913. The van der Waals surface area contributed by atoms with Gasteiger partial charge in [0.15, 0.2) is 0 Å². The highest BCUT2D eigenvalue weighted by Crippen LogP contribution is 2.13. The Hall–Kier alpha value is -3.15. The van der Waals surface area contributed by atoms with E-state index in [-0.39, 0.29) is 17.5 Å². The van der Waals surface area contributed by atoms with Gasteiger partial charge in [0.2, 0.25) is 5.76 Å². The van der Waals surface area contributed by atoms with Crippen LogP contribution in [0.5, 0.6) is 5.88 Å². The molecule has 0 saturated heterocycles. The highest BCUT2D eigenvalue weighted by atomic mass is 16.5. The van der Waals surface area contributed by atoms with Crippen LogP contribution in [0.1, 0.15) is 21.8 Å². The van der Waals surface area contributed by atoms with Gasteiger partial charge in [-0.25, -0.2) is 0 Å². The van der Waals surface area contributed by atoms with E-state index in [0.29, 0.717) is 13.2 Å². The van der Waals surface area contributed by atoms with Gasteiger partial charge >= 0.3 is 0 Å². The number of benzene rings is 1. The average Bonchev–Trinajstić information content (AvgIpc) is 3.09. The van der Waals surface area contributed by atoms with E-state index in [9.17, 15) is 4.79 Å². The van der Waals surface area contributed by atoms with Crippen LogP contribution in [0, 0.1) is 0 Å². The number of carbonyl (C=O) groups excluding carboxylic acids is 1. The summed E-state index contributed by atoms with van der Waals surface area (Å²) in [6.45, 7) is 0.683. The number of ether oxygens (including phenoxy) is 1. The number of pyridine rings is 1. The third-order valence-corrected chi connectivity index (χ3v) is 3.10. The zero-order valence-corrected chi connectivity index (χ0v) is 12.3. The molecule has 2 heterocycles. The minimum Gasteiger partial charge on any atom is -0.471 e. The minimum absolute atomic E-state index is 0.101. The summed E-state index contributed by atoms with van der Waals surface area (Å²) in [5, 5.41) is 6.45. The molecule has 0 atom stereocenters. The molecular formula is C17H15N3O3. The molecule has 3 aromatic rings. The van der Waals surface area contributed by atoms with Crippen molar-refractivity contribution in [1.82, 2.24) is 15.5 Å². The van der Waals surface area contributed by atoms with Gasteiger partial charge in [-0.1, -0.05) is 36.4 Å². The topological polar surface area (TPSA) is 77.2 Å².